The van der Waals surface area contributed by atoms with Crippen LogP contribution in [0.5, 0.6) is 0 Å². The maximum Gasteiger partial charge on any atom is 0.326 e. The van der Waals surface area contributed by atoms with Crippen molar-refractivity contribution < 1.29 is 19.2 Å². The number of rotatable bonds is 6. The van der Waals surface area contributed by atoms with Crippen LogP contribution in [-0.2, 0) is 17.8 Å². The van der Waals surface area contributed by atoms with Crippen LogP contribution in [0.3, 0.4) is 0 Å². The normalized spacial score (nSPS) is 11.9. The molecule has 0 saturated carbocycles. The third-order valence-corrected chi connectivity index (χ3v) is 2.69. The average Bonchev–Trinajstić information content (AvgIpc) is 3.07. The Morgan fingerprint density at radius 1 is 1.52 bits per heavy atom. The third-order valence-electron chi connectivity index (χ3n) is 2.69. The maximum atomic E-state index is 11.7. The van der Waals surface area contributed by atoms with Crippen molar-refractivity contribution in [2.75, 3.05) is 0 Å². The lowest BCUT2D eigenvalue weighted by Crippen LogP contribution is -2.47. The number of nitrogens with zero attached hydrogens (tertiary/aromatic N) is 2. The fourth-order valence-electron chi connectivity index (χ4n) is 1.70. The Morgan fingerprint density at radius 3 is 2.90 bits per heavy atom. The first-order chi connectivity index (χ1) is 10.0. The second kappa shape index (κ2) is 6.55. The summed E-state index contributed by atoms with van der Waals surface area (Å²) >= 11 is 0. The predicted molar refractivity (Wildman–Crippen MR) is 70.3 cm³/mol. The Morgan fingerprint density at radius 2 is 2.33 bits per heavy atom. The van der Waals surface area contributed by atoms with Gasteiger partial charge < -0.3 is 25.2 Å². The van der Waals surface area contributed by atoms with E-state index in [9.17, 15) is 9.59 Å². The van der Waals surface area contributed by atoms with Crippen molar-refractivity contribution in [2.24, 2.45) is 0 Å². The lowest BCUT2D eigenvalue weighted by molar-refractivity contribution is -0.139. The Balaban J connectivity index is 1.84. The molecule has 2 heterocycles. The summed E-state index contributed by atoms with van der Waals surface area (Å²) in [6.07, 6.45) is 3.07. The third kappa shape index (κ3) is 4.34. The molecule has 1 atom stereocenters. The number of carbonyl (C=O) groups is 2. The molecular weight excluding hydrogens is 278 g/mol. The van der Waals surface area contributed by atoms with Gasteiger partial charge in [0.15, 0.2) is 0 Å². The van der Waals surface area contributed by atoms with Gasteiger partial charge in [-0.2, -0.15) is 0 Å². The van der Waals surface area contributed by atoms with Crippen LogP contribution in [0, 0.1) is 6.92 Å². The Bertz CT molecular complexity index is 607. The number of amides is 2. The minimum absolute atomic E-state index is 0.117. The zero-order valence-corrected chi connectivity index (χ0v) is 11.3. The SMILES string of the molecule is Cc1cc(CNC(=O)N[C@@H](Cc2cnc[nH]2)C(=O)O)no1. The van der Waals surface area contributed by atoms with Gasteiger partial charge in [0.25, 0.3) is 0 Å². The Hall–Kier alpha value is -2.84. The number of aliphatic carboxylic acids is 1. The standard InChI is InChI=1S/C12H15N5O4/c1-7-2-9(17-21-7)5-14-12(20)16-10(11(18)19)3-8-4-13-6-15-8/h2,4,6,10H,3,5H2,1H3,(H,13,15)(H,18,19)(H2,14,16,20)/t10-/m0/s1. The summed E-state index contributed by atoms with van der Waals surface area (Å²) in [5, 5.41) is 17.7. The van der Waals surface area contributed by atoms with Crippen LogP contribution in [0.2, 0.25) is 0 Å². The number of aromatic nitrogens is 3. The Labute approximate surface area is 119 Å². The van der Waals surface area contributed by atoms with Crippen LogP contribution in [-0.4, -0.2) is 38.3 Å². The van der Waals surface area contributed by atoms with Gasteiger partial charge in [0.05, 0.1) is 12.9 Å². The molecule has 9 nitrogen and oxygen atoms in total. The first kappa shape index (κ1) is 14.6. The van der Waals surface area contributed by atoms with E-state index in [-0.39, 0.29) is 13.0 Å². The lowest BCUT2D eigenvalue weighted by Gasteiger charge is -2.13. The molecule has 0 spiro atoms. The zero-order chi connectivity index (χ0) is 15.2. The molecule has 2 aromatic rings. The van der Waals surface area contributed by atoms with Crippen molar-refractivity contribution in [1.82, 2.24) is 25.8 Å². The van der Waals surface area contributed by atoms with E-state index >= 15 is 0 Å². The largest absolute Gasteiger partial charge is 0.480 e. The van der Waals surface area contributed by atoms with Gasteiger partial charge in [0.1, 0.15) is 17.5 Å². The molecule has 0 aliphatic rings. The molecule has 4 N–H and O–H groups in total. The van der Waals surface area contributed by atoms with Crippen LogP contribution in [0.4, 0.5) is 4.79 Å². The van der Waals surface area contributed by atoms with Crippen LogP contribution in [0.25, 0.3) is 0 Å². The molecule has 0 fully saturated rings. The molecule has 0 bridgehead atoms. The number of hydrogen-bond donors (Lipinski definition) is 4. The average molecular weight is 293 g/mol. The molecule has 0 aromatic carbocycles. The van der Waals surface area contributed by atoms with Gasteiger partial charge in [-0.25, -0.2) is 14.6 Å². The van der Waals surface area contributed by atoms with E-state index in [1.807, 2.05) is 0 Å². The molecule has 2 amide bonds. The van der Waals surface area contributed by atoms with Crippen molar-refractivity contribution in [2.45, 2.75) is 25.9 Å². The predicted octanol–water partition coefficient (Wildman–Crippen LogP) is 0.201. The minimum atomic E-state index is -1.13. The fourth-order valence-corrected chi connectivity index (χ4v) is 1.70. The highest BCUT2D eigenvalue weighted by molar-refractivity contribution is 5.82. The molecule has 0 aliphatic carbocycles. The van der Waals surface area contributed by atoms with E-state index in [4.69, 9.17) is 9.63 Å². The highest BCUT2D eigenvalue weighted by atomic mass is 16.5. The van der Waals surface area contributed by atoms with Gasteiger partial charge in [-0.05, 0) is 6.92 Å². The molecule has 0 aliphatic heterocycles. The first-order valence-corrected chi connectivity index (χ1v) is 6.21. The number of H-pyrrole nitrogens is 1. The number of urea groups is 1. The monoisotopic (exact) mass is 293 g/mol. The highest BCUT2D eigenvalue weighted by Gasteiger charge is 2.21. The second-order valence-electron chi connectivity index (χ2n) is 4.43. The second-order valence-corrected chi connectivity index (χ2v) is 4.43. The van der Waals surface area contributed by atoms with Crippen molar-refractivity contribution >= 4 is 12.0 Å². The smallest absolute Gasteiger partial charge is 0.326 e. The topological polar surface area (TPSA) is 133 Å². The summed E-state index contributed by atoms with van der Waals surface area (Å²) < 4.78 is 4.86. The van der Waals surface area contributed by atoms with Crippen molar-refractivity contribution in [3.8, 4) is 0 Å². The van der Waals surface area contributed by atoms with E-state index in [1.165, 1.54) is 12.5 Å². The number of aryl methyl sites for hydroxylation is 1. The number of hydrogen-bond acceptors (Lipinski definition) is 5. The molecule has 9 heteroatoms. The van der Waals surface area contributed by atoms with E-state index < -0.39 is 18.0 Å². The van der Waals surface area contributed by atoms with Crippen LogP contribution in [0.1, 0.15) is 17.1 Å². The summed E-state index contributed by atoms with van der Waals surface area (Å²) in [6, 6.07) is 0.0339. The summed E-state index contributed by atoms with van der Waals surface area (Å²) in [6.45, 7) is 1.89. The fraction of sp³-hybridized carbons (Fsp3) is 0.333. The summed E-state index contributed by atoms with van der Waals surface area (Å²) in [7, 11) is 0. The molecule has 0 radical (unpaired) electrons. The van der Waals surface area contributed by atoms with Gasteiger partial charge in [-0.15, -0.1) is 0 Å². The zero-order valence-electron chi connectivity index (χ0n) is 11.3. The first-order valence-electron chi connectivity index (χ1n) is 6.21. The number of nitrogens with one attached hydrogen (secondary N) is 3. The molecule has 112 valence electrons. The number of carboxylic acids is 1. The molecule has 0 unspecified atom stereocenters. The summed E-state index contributed by atoms with van der Waals surface area (Å²) in [5.74, 6) is -0.494. The molecule has 0 saturated heterocycles. The minimum Gasteiger partial charge on any atom is -0.480 e. The number of imidazole rings is 1. The summed E-state index contributed by atoms with van der Waals surface area (Å²) in [4.78, 5) is 29.4. The number of carboxylic acid groups (broad SMARTS) is 1. The lowest BCUT2D eigenvalue weighted by atomic mass is 10.2. The number of carbonyl (C=O) groups excluding carboxylic acids is 1. The van der Waals surface area contributed by atoms with E-state index in [2.05, 4.69) is 25.8 Å². The highest BCUT2D eigenvalue weighted by Crippen LogP contribution is 2.01. The van der Waals surface area contributed by atoms with Gasteiger partial charge >= 0.3 is 12.0 Å². The van der Waals surface area contributed by atoms with Gasteiger partial charge in [0, 0.05) is 24.4 Å². The molecular formula is C12H15N5O4. The van der Waals surface area contributed by atoms with Gasteiger partial charge in [-0.3, -0.25) is 0 Å². The van der Waals surface area contributed by atoms with E-state index in [1.54, 1.807) is 13.0 Å². The molecule has 2 rings (SSSR count). The van der Waals surface area contributed by atoms with Crippen molar-refractivity contribution in [1.29, 1.82) is 0 Å². The Kier molecular flexibility index (Phi) is 4.54. The van der Waals surface area contributed by atoms with Crippen molar-refractivity contribution in [3.63, 3.8) is 0 Å². The maximum absolute atomic E-state index is 11.7. The van der Waals surface area contributed by atoms with Crippen LogP contribution >= 0.6 is 0 Å². The molecule has 2 aromatic heterocycles. The summed E-state index contributed by atoms with van der Waals surface area (Å²) in [5.41, 5.74) is 1.18. The van der Waals surface area contributed by atoms with Gasteiger partial charge in [0.2, 0.25) is 0 Å². The molecule has 21 heavy (non-hydrogen) atoms. The quantitative estimate of drug-likeness (QED) is 0.601. The van der Waals surface area contributed by atoms with Crippen LogP contribution in [0.15, 0.2) is 23.1 Å². The van der Waals surface area contributed by atoms with Gasteiger partial charge in [-0.1, -0.05) is 5.16 Å². The van der Waals surface area contributed by atoms with Crippen LogP contribution < -0.4 is 10.6 Å². The van der Waals surface area contributed by atoms with Crippen molar-refractivity contribution in [3.05, 3.63) is 35.7 Å². The van der Waals surface area contributed by atoms with E-state index in [0.29, 0.717) is 17.1 Å². The number of aromatic amines is 1. The van der Waals surface area contributed by atoms with E-state index in [0.717, 1.165) is 0 Å².